The fraction of sp³-hybridized carbons (Fsp3) is 0.524. The maximum atomic E-state index is 6.44. The fourth-order valence-electron chi connectivity index (χ4n) is 5.31. The van der Waals surface area contributed by atoms with Crippen LogP contribution < -0.4 is 0 Å². The highest BCUT2D eigenvalue weighted by Gasteiger charge is 2.44. The molecule has 25 heavy (non-hydrogen) atoms. The van der Waals surface area contributed by atoms with Crippen LogP contribution in [0.2, 0.25) is 0 Å². The van der Waals surface area contributed by atoms with Crippen LogP contribution in [0, 0.1) is 5.92 Å². The lowest BCUT2D eigenvalue weighted by molar-refractivity contribution is -0.182. The number of fused-ring (bicyclic) bond motifs is 6. The van der Waals surface area contributed by atoms with Gasteiger partial charge in [-0.3, -0.25) is 4.90 Å². The zero-order chi connectivity index (χ0) is 17.1. The highest BCUT2D eigenvalue weighted by Crippen LogP contribution is 2.50. The molecule has 4 atom stereocenters. The minimum atomic E-state index is -0.226. The summed E-state index contributed by atoms with van der Waals surface area (Å²) in [4.78, 5) is 2.54. The molecule has 4 heterocycles. The number of ether oxygens (including phenoxy) is 2. The molecule has 1 aromatic heterocycles. The van der Waals surface area contributed by atoms with Gasteiger partial charge in [-0.15, -0.1) is 0 Å². The van der Waals surface area contributed by atoms with E-state index in [2.05, 4.69) is 53.8 Å². The summed E-state index contributed by atoms with van der Waals surface area (Å²) in [5.41, 5.74) is 5.65. The molecular weight excluding hydrogens is 312 g/mol. The summed E-state index contributed by atoms with van der Waals surface area (Å²) in [5, 5.41) is 1.41. The first-order valence-corrected chi connectivity index (χ1v) is 9.39. The van der Waals surface area contributed by atoms with Crippen molar-refractivity contribution in [3.8, 4) is 0 Å². The Labute approximate surface area is 149 Å². The molecule has 3 aliphatic rings. The third kappa shape index (κ3) is 2.11. The van der Waals surface area contributed by atoms with Gasteiger partial charge in [-0.25, -0.2) is 0 Å². The molecule has 0 unspecified atom stereocenters. The lowest BCUT2D eigenvalue weighted by Gasteiger charge is -2.37. The van der Waals surface area contributed by atoms with Gasteiger partial charge in [-0.05, 0) is 56.4 Å². The van der Waals surface area contributed by atoms with Gasteiger partial charge in [0.2, 0.25) is 0 Å². The average molecular weight is 338 g/mol. The van der Waals surface area contributed by atoms with Gasteiger partial charge in [-0.1, -0.05) is 24.3 Å². The number of benzene rings is 1. The van der Waals surface area contributed by atoms with E-state index in [9.17, 15) is 0 Å². The van der Waals surface area contributed by atoms with E-state index in [1.165, 1.54) is 27.7 Å². The molecule has 4 nitrogen and oxygen atoms in total. The van der Waals surface area contributed by atoms with Gasteiger partial charge in [0.25, 0.3) is 0 Å². The van der Waals surface area contributed by atoms with Gasteiger partial charge in [0, 0.05) is 24.7 Å². The van der Waals surface area contributed by atoms with E-state index in [4.69, 9.17) is 9.47 Å². The number of rotatable bonds is 1. The van der Waals surface area contributed by atoms with Gasteiger partial charge in [0.1, 0.15) is 6.23 Å². The van der Waals surface area contributed by atoms with E-state index < -0.39 is 0 Å². The second-order valence-electron chi connectivity index (χ2n) is 7.61. The number of nitrogens with zero attached hydrogens (tertiary/aromatic N) is 2. The third-order valence-corrected chi connectivity index (χ3v) is 6.47. The maximum Gasteiger partial charge on any atom is 0.182 e. The van der Waals surface area contributed by atoms with Crippen molar-refractivity contribution < 1.29 is 9.47 Å². The molecule has 2 aromatic rings. The van der Waals surface area contributed by atoms with Crippen LogP contribution in [0.25, 0.3) is 10.9 Å². The fourth-order valence-corrected chi connectivity index (χ4v) is 5.31. The Morgan fingerprint density at radius 2 is 2.08 bits per heavy atom. The SMILES string of the molecule is CC=C1[C@@H]2C[C@H]3c4c(c5ccccc5n4[C@@H](C2)O[C@H]1OC)CCN3C. The van der Waals surface area contributed by atoms with Gasteiger partial charge >= 0.3 is 0 Å². The monoisotopic (exact) mass is 338 g/mol. The lowest BCUT2D eigenvalue weighted by Crippen LogP contribution is -2.34. The van der Waals surface area contributed by atoms with Crippen molar-refractivity contribution in [3.63, 3.8) is 0 Å². The second kappa shape index (κ2) is 5.70. The Morgan fingerprint density at radius 1 is 1.24 bits per heavy atom. The molecule has 4 heteroatoms. The van der Waals surface area contributed by atoms with E-state index in [1.54, 1.807) is 7.11 Å². The number of aromatic nitrogens is 1. The van der Waals surface area contributed by atoms with Crippen LogP contribution in [0.5, 0.6) is 0 Å². The molecule has 5 rings (SSSR count). The van der Waals surface area contributed by atoms with Gasteiger partial charge in [-0.2, -0.15) is 0 Å². The third-order valence-electron chi connectivity index (χ3n) is 6.47. The zero-order valence-electron chi connectivity index (χ0n) is 15.2. The summed E-state index contributed by atoms with van der Waals surface area (Å²) in [6, 6.07) is 9.29. The molecule has 1 saturated heterocycles. The average Bonchev–Trinajstić information content (AvgIpc) is 2.90. The first-order valence-electron chi connectivity index (χ1n) is 9.39. The van der Waals surface area contributed by atoms with E-state index in [0.717, 1.165) is 25.8 Å². The van der Waals surface area contributed by atoms with Crippen LogP contribution in [0.1, 0.15) is 43.3 Å². The van der Waals surface area contributed by atoms with Crippen LogP contribution in [-0.4, -0.2) is 36.5 Å². The molecule has 132 valence electrons. The number of para-hydroxylation sites is 1. The van der Waals surface area contributed by atoms with Crippen LogP contribution in [-0.2, 0) is 15.9 Å². The minimum Gasteiger partial charge on any atom is -0.352 e. The summed E-state index contributed by atoms with van der Waals surface area (Å²) in [6.07, 6.45) is 5.35. The molecule has 0 spiro atoms. The van der Waals surface area contributed by atoms with Gasteiger partial charge < -0.3 is 14.0 Å². The Kier molecular flexibility index (Phi) is 3.56. The largest absolute Gasteiger partial charge is 0.352 e. The van der Waals surface area contributed by atoms with Crippen LogP contribution >= 0.6 is 0 Å². The quantitative estimate of drug-likeness (QED) is 0.735. The zero-order valence-corrected chi connectivity index (χ0v) is 15.2. The summed E-state index contributed by atoms with van der Waals surface area (Å²) in [6.45, 7) is 3.24. The van der Waals surface area contributed by atoms with Crippen LogP contribution in [0.3, 0.4) is 0 Å². The number of likely N-dealkylation sites (N-methyl/N-ethyl adjacent to an activating group) is 1. The first-order chi connectivity index (χ1) is 12.2. The summed E-state index contributed by atoms with van der Waals surface area (Å²) in [5.74, 6) is 0.519. The molecule has 1 fully saturated rings. The highest BCUT2D eigenvalue weighted by molar-refractivity contribution is 5.86. The van der Waals surface area contributed by atoms with Gasteiger partial charge in [0.05, 0.1) is 11.6 Å². The number of hydrogen-bond donors (Lipinski definition) is 0. The standard InChI is InChI=1S/C21H26N2O2/c1-4-14-13-11-18-20-16(9-10-22(18)2)15-7-5-6-8-17(15)23(20)19(12-13)25-21(14)24-3/h4-8,13,18-19,21H,9-12H2,1-3H3/t13-,18+,19-,21-/m1/s1. The summed E-state index contributed by atoms with van der Waals surface area (Å²) < 4.78 is 14.6. The van der Waals surface area contributed by atoms with E-state index in [1.807, 2.05) is 0 Å². The Bertz CT molecular complexity index is 853. The van der Waals surface area contributed by atoms with Crippen molar-refractivity contribution in [1.29, 1.82) is 0 Å². The molecule has 0 radical (unpaired) electrons. The topological polar surface area (TPSA) is 26.6 Å². The van der Waals surface area contributed by atoms with E-state index in [-0.39, 0.29) is 12.5 Å². The molecule has 0 aliphatic carbocycles. The van der Waals surface area contributed by atoms with Crippen molar-refractivity contribution in [3.05, 3.63) is 47.2 Å². The molecule has 0 amide bonds. The normalized spacial score (nSPS) is 33.5. The maximum absolute atomic E-state index is 6.44. The summed E-state index contributed by atoms with van der Waals surface area (Å²) in [7, 11) is 4.03. The predicted octanol–water partition coefficient (Wildman–Crippen LogP) is 4.03. The number of methoxy groups -OCH3 is 1. The Hall–Kier alpha value is -1.62. The highest BCUT2D eigenvalue weighted by atomic mass is 16.7. The van der Waals surface area contributed by atoms with E-state index in [0.29, 0.717) is 12.0 Å². The van der Waals surface area contributed by atoms with Crippen molar-refractivity contribution in [2.45, 2.75) is 44.7 Å². The van der Waals surface area contributed by atoms with Crippen LogP contribution in [0.15, 0.2) is 35.9 Å². The first kappa shape index (κ1) is 15.6. The van der Waals surface area contributed by atoms with Crippen molar-refractivity contribution >= 4 is 10.9 Å². The van der Waals surface area contributed by atoms with Crippen molar-refractivity contribution in [2.24, 2.45) is 5.92 Å². The Balaban J connectivity index is 1.76. The lowest BCUT2D eigenvalue weighted by atomic mass is 9.84. The molecule has 0 saturated carbocycles. The second-order valence-corrected chi connectivity index (χ2v) is 7.61. The molecule has 0 N–H and O–H groups in total. The van der Waals surface area contributed by atoms with Crippen molar-refractivity contribution in [1.82, 2.24) is 9.47 Å². The predicted molar refractivity (Wildman–Crippen MR) is 98.4 cm³/mol. The molecule has 2 bridgehead atoms. The van der Waals surface area contributed by atoms with Crippen LogP contribution in [0.4, 0.5) is 0 Å². The smallest absolute Gasteiger partial charge is 0.182 e. The Morgan fingerprint density at radius 3 is 2.88 bits per heavy atom. The number of allylic oxidation sites excluding steroid dienone is 1. The molecule has 3 aliphatic heterocycles. The van der Waals surface area contributed by atoms with Crippen molar-refractivity contribution in [2.75, 3.05) is 20.7 Å². The van der Waals surface area contributed by atoms with Gasteiger partial charge in [0.15, 0.2) is 6.29 Å². The number of hydrogen-bond acceptors (Lipinski definition) is 3. The molecular formula is C21H26N2O2. The summed E-state index contributed by atoms with van der Waals surface area (Å²) >= 11 is 0. The minimum absolute atomic E-state index is 0.0591. The van der Waals surface area contributed by atoms with E-state index >= 15 is 0 Å². The molecule has 1 aromatic carbocycles.